The second-order valence-corrected chi connectivity index (χ2v) is 7.38. The summed E-state index contributed by atoms with van der Waals surface area (Å²) < 4.78 is 12.4. The molecular formula is C24H36N2O2. The number of hydrogen-bond acceptors (Lipinski definition) is 4. The molecule has 4 nitrogen and oxygen atoms in total. The van der Waals surface area contributed by atoms with E-state index >= 15 is 0 Å². The number of benzene rings is 2. The monoisotopic (exact) mass is 384 g/mol. The van der Waals surface area contributed by atoms with Crippen LogP contribution in [0.3, 0.4) is 0 Å². The molecule has 0 N–H and O–H groups in total. The van der Waals surface area contributed by atoms with Crippen LogP contribution in [0.4, 0.5) is 11.4 Å². The largest absolute Gasteiger partial charge is 0.493 e. The van der Waals surface area contributed by atoms with Crippen molar-refractivity contribution in [2.45, 2.75) is 46.8 Å². The Balaban J connectivity index is 2.49. The molecule has 2 aromatic carbocycles. The quantitative estimate of drug-likeness (QED) is 0.539. The minimum absolute atomic E-state index is 0.107. The molecule has 0 aliphatic carbocycles. The van der Waals surface area contributed by atoms with Crippen molar-refractivity contribution in [1.82, 2.24) is 0 Å². The van der Waals surface area contributed by atoms with Crippen LogP contribution in [0.25, 0.3) is 0 Å². The van der Waals surface area contributed by atoms with Crippen molar-refractivity contribution in [1.29, 1.82) is 0 Å². The zero-order valence-electron chi connectivity index (χ0n) is 18.5. The number of anilines is 2. The first-order chi connectivity index (χ1) is 13.4. The van der Waals surface area contributed by atoms with Gasteiger partial charge < -0.3 is 19.3 Å². The van der Waals surface area contributed by atoms with E-state index in [1.54, 1.807) is 0 Å². The average Bonchev–Trinajstić information content (AvgIpc) is 2.68. The third kappa shape index (κ3) is 5.41. The van der Waals surface area contributed by atoms with Gasteiger partial charge in [0.2, 0.25) is 0 Å². The first-order valence-electron chi connectivity index (χ1n) is 10.4. The maximum absolute atomic E-state index is 6.36. The Labute approximate surface area is 171 Å². The second-order valence-electron chi connectivity index (χ2n) is 7.38. The highest BCUT2D eigenvalue weighted by Crippen LogP contribution is 2.37. The van der Waals surface area contributed by atoms with Crippen LogP contribution in [0, 0.1) is 0 Å². The van der Waals surface area contributed by atoms with Crippen LogP contribution >= 0.6 is 0 Å². The van der Waals surface area contributed by atoms with Gasteiger partial charge in [-0.05, 0) is 58.4 Å². The van der Waals surface area contributed by atoms with E-state index in [-0.39, 0.29) is 12.2 Å². The smallest absolute Gasteiger partial charge is 0.127 e. The lowest BCUT2D eigenvalue weighted by Gasteiger charge is -2.27. The fourth-order valence-electron chi connectivity index (χ4n) is 3.36. The highest BCUT2D eigenvalue weighted by Gasteiger charge is 2.22. The summed E-state index contributed by atoms with van der Waals surface area (Å²) in [6.45, 7) is 13.1. The summed E-state index contributed by atoms with van der Waals surface area (Å²) in [6.07, 6.45) is -0.0565. The van der Waals surface area contributed by atoms with Gasteiger partial charge >= 0.3 is 0 Å². The normalized spacial score (nSPS) is 12.1. The van der Waals surface area contributed by atoms with Gasteiger partial charge in [-0.15, -0.1) is 0 Å². The van der Waals surface area contributed by atoms with Gasteiger partial charge in [-0.1, -0.05) is 18.2 Å². The molecular weight excluding hydrogens is 348 g/mol. The van der Waals surface area contributed by atoms with Gasteiger partial charge in [0.15, 0.2) is 0 Å². The van der Waals surface area contributed by atoms with Gasteiger partial charge in [0.25, 0.3) is 0 Å². The van der Waals surface area contributed by atoms with Gasteiger partial charge in [0, 0.05) is 50.2 Å². The summed E-state index contributed by atoms with van der Waals surface area (Å²) in [4.78, 5) is 4.43. The van der Waals surface area contributed by atoms with Crippen LogP contribution in [0.1, 0.15) is 51.8 Å². The lowest BCUT2D eigenvalue weighted by atomic mass is 9.99. The van der Waals surface area contributed by atoms with Crippen LogP contribution in [0.5, 0.6) is 5.75 Å². The predicted molar refractivity (Wildman–Crippen MR) is 120 cm³/mol. The lowest BCUT2D eigenvalue weighted by Crippen LogP contribution is -2.22. The standard InChI is InChI=1S/C24H36N2O2/c1-8-26(9-2)21-15-16-22(23(17-21)27-10-3)24(28-18(4)5)19-11-13-20(14-12-19)25(6)7/h11-18,24H,8-10H2,1-7H3. The van der Waals surface area contributed by atoms with Crippen molar-refractivity contribution < 1.29 is 9.47 Å². The highest BCUT2D eigenvalue weighted by molar-refractivity contribution is 5.56. The molecule has 1 atom stereocenters. The van der Waals surface area contributed by atoms with Crippen LogP contribution in [0.2, 0.25) is 0 Å². The first-order valence-corrected chi connectivity index (χ1v) is 10.4. The topological polar surface area (TPSA) is 24.9 Å². The maximum Gasteiger partial charge on any atom is 0.127 e. The van der Waals surface area contributed by atoms with Crippen LogP contribution < -0.4 is 14.5 Å². The Morgan fingerprint density at radius 3 is 1.96 bits per heavy atom. The Morgan fingerprint density at radius 2 is 1.46 bits per heavy atom. The van der Waals surface area contributed by atoms with Crippen molar-refractivity contribution in [2.24, 2.45) is 0 Å². The van der Waals surface area contributed by atoms with E-state index in [0.717, 1.165) is 30.0 Å². The minimum Gasteiger partial charge on any atom is -0.493 e. The van der Waals surface area contributed by atoms with Gasteiger partial charge in [0.05, 0.1) is 12.7 Å². The van der Waals surface area contributed by atoms with E-state index in [1.807, 2.05) is 6.92 Å². The SMILES string of the molecule is CCOc1cc(N(CC)CC)ccc1C(OC(C)C)c1ccc(N(C)C)cc1. The van der Waals surface area contributed by atoms with E-state index in [2.05, 4.69) is 94.1 Å². The number of nitrogens with zero attached hydrogens (tertiary/aromatic N) is 2. The first kappa shape index (κ1) is 22.1. The number of ether oxygens (including phenoxy) is 2. The molecule has 2 rings (SSSR count). The van der Waals surface area contributed by atoms with E-state index in [4.69, 9.17) is 9.47 Å². The van der Waals surface area contributed by atoms with Crippen LogP contribution in [-0.2, 0) is 4.74 Å². The zero-order chi connectivity index (χ0) is 20.7. The van der Waals surface area contributed by atoms with E-state index in [0.29, 0.717) is 6.61 Å². The zero-order valence-corrected chi connectivity index (χ0v) is 18.5. The third-order valence-electron chi connectivity index (χ3n) is 4.83. The summed E-state index contributed by atoms with van der Waals surface area (Å²) in [6, 6.07) is 15.1. The number of rotatable bonds is 10. The molecule has 0 spiro atoms. The summed E-state index contributed by atoms with van der Waals surface area (Å²) in [5.41, 5.74) is 4.57. The van der Waals surface area contributed by atoms with E-state index in [1.165, 1.54) is 11.4 Å². The molecule has 154 valence electrons. The van der Waals surface area contributed by atoms with E-state index in [9.17, 15) is 0 Å². The van der Waals surface area contributed by atoms with Crippen LogP contribution in [-0.4, -0.2) is 39.9 Å². The fourth-order valence-corrected chi connectivity index (χ4v) is 3.36. The molecule has 0 aromatic heterocycles. The molecule has 0 aliphatic heterocycles. The molecule has 1 unspecified atom stereocenters. The second kappa shape index (κ2) is 10.4. The van der Waals surface area contributed by atoms with Gasteiger partial charge in [0.1, 0.15) is 11.9 Å². The highest BCUT2D eigenvalue weighted by atomic mass is 16.5. The average molecular weight is 385 g/mol. The molecule has 0 bridgehead atoms. The molecule has 0 aliphatic rings. The van der Waals surface area contributed by atoms with Gasteiger partial charge in [-0.3, -0.25) is 0 Å². The lowest BCUT2D eigenvalue weighted by molar-refractivity contribution is 0.0289. The van der Waals surface area contributed by atoms with Gasteiger partial charge in [-0.2, -0.15) is 0 Å². The summed E-state index contributed by atoms with van der Waals surface area (Å²) in [5, 5.41) is 0. The Bertz CT molecular complexity index is 722. The van der Waals surface area contributed by atoms with Crippen LogP contribution in [0.15, 0.2) is 42.5 Å². The van der Waals surface area contributed by atoms with Crippen molar-refractivity contribution in [3.05, 3.63) is 53.6 Å². The molecule has 0 heterocycles. The molecule has 0 amide bonds. The maximum atomic E-state index is 6.36. The Hall–Kier alpha value is -2.20. The van der Waals surface area contributed by atoms with Crippen molar-refractivity contribution in [3.63, 3.8) is 0 Å². The Morgan fingerprint density at radius 1 is 0.857 bits per heavy atom. The molecule has 2 aromatic rings. The molecule has 4 heteroatoms. The summed E-state index contributed by atoms with van der Waals surface area (Å²) in [7, 11) is 4.10. The van der Waals surface area contributed by atoms with Gasteiger partial charge in [-0.25, -0.2) is 0 Å². The molecule has 0 fully saturated rings. The third-order valence-corrected chi connectivity index (χ3v) is 4.83. The molecule has 0 saturated heterocycles. The van der Waals surface area contributed by atoms with Crippen molar-refractivity contribution in [3.8, 4) is 5.75 Å². The van der Waals surface area contributed by atoms with Crippen molar-refractivity contribution >= 4 is 11.4 Å². The molecule has 28 heavy (non-hydrogen) atoms. The Kier molecular flexibility index (Phi) is 8.18. The summed E-state index contributed by atoms with van der Waals surface area (Å²) >= 11 is 0. The fraction of sp³-hybridized carbons (Fsp3) is 0.500. The van der Waals surface area contributed by atoms with Crippen molar-refractivity contribution in [2.75, 3.05) is 43.6 Å². The molecule has 0 saturated carbocycles. The molecule has 0 radical (unpaired) electrons. The predicted octanol–water partition coefficient (Wildman–Crippen LogP) is 5.51. The number of hydrogen-bond donors (Lipinski definition) is 0. The van der Waals surface area contributed by atoms with E-state index < -0.39 is 0 Å². The minimum atomic E-state index is -0.163. The summed E-state index contributed by atoms with van der Waals surface area (Å²) in [5.74, 6) is 0.897.